The first kappa shape index (κ1) is 16.2. The van der Waals surface area contributed by atoms with Gasteiger partial charge in [-0.3, -0.25) is 4.79 Å². The molecule has 1 aliphatic rings. The minimum Gasteiger partial charge on any atom is -0.353 e. The lowest BCUT2D eigenvalue weighted by Crippen LogP contribution is -2.48. The highest BCUT2D eigenvalue weighted by molar-refractivity contribution is 7.13. The van der Waals surface area contributed by atoms with Gasteiger partial charge in [-0.15, -0.1) is 22.7 Å². The van der Waals surface area contributed by atoms with Crippen LogP contribution >= 0.6 is 22.7 Å². The molecule has 3 aromatic heterocycles. The molecule has 5 nitrogen and oxygen atoms in total. The summed E-state index contributed by atoms with van der Waals surface area (Å²) in [5.74, 6) is 1.09. The number of thiophene rings is 1. The number of aryl methyl sites for hydroxylation is 1. The minimum atomic E-state index is 0.136. The predicted octanol–water partition coefficient (Wildman–Crippen LogP) is 3.54. The third kappa shape index (κ3) is 3.43. The van der Waals surface area contributed by atoms with Crippen LogP contribution in [0.15, 0.2) is 41.2 Å². The number of piperazine rings is 1. The first-order valence-corrected chi connectivity index (χ1v) is 9.93. The highest BCUT2D eigenvalue weighted by atomic mass is 32.1. The molecule has 1 amide bonds. The van der Waals surface area contributed by atoms with E-state index in [0.29, 0.717) is 0 Å². The van der Waals surface area contributed by atoms with Crippen LogP contribution < -0.4 is 4.90 Å². The SMILES string of the molecule is Cc1csc(-c2ccc(N3CCN(C(=O)c4cccs4)CC3)nc2)n1. The lowest BCUT2D eigenvalue weighted by Gasteiger charge is -2.35. The fraction of sp³-hybridized carbons (Fsp3) is 0.278. The van der Waals surface area contributed by atoms with Crippen molar-refractivity contribution in [3.8, 4) is 10.6 Å². The Morgan fingerprint density at radius 1 is 1.12 bits per heavy atom. The molecule has 1 aliphatic heterocycles. The van der Waals surface area contributed by atoms with E-state index < -0.39 is 0 Å². The number of rotatable bonds is 3. The summed E-state index contributed by atoms with van der Waals surface area (Å²) in [5, 5.41) is 4.99. The van der Waals surface area contributed by atoms with E-state index in [0.717, 1.165) is 53.1 Å². The molecule has 4 heterocycles. The maximum Gasteiger partial charge on any atom is 0.264 e. The van der Waals surface area contributed by atoms with Crippen LogP contribution in [0.2, 0.25) is 0 Å². The Bertz CT molecular complexity index is 850. The summed E-state index contributed by atoms with van der Waals surface area (Å²) in [5.41, 5.74) is 2.09. The molecule has 1 saturated heterocycles. The van der Waals surface area contributed by atoms with Crippen molar-refractivity contribution in [2.24, 2.45) is 0 Å². The third-order valence-electron chi connectivity index (χ3n) is 4.24. The lowest BCUT2D eigenvalue weighted by atomic mass is 10.2. The zero-order valence-corrected chi connectivity index (χ0v) is 15.5. The van der Waals surface area contributed by atoms with Gasteiger partial charge in [-0.25, -0.2) is 9.97 Å². The molecule has 0 aromatic carbocycles. The van der Waals surface area contributed by atoms with Crippen molar-refractivity contribution in [3.63, 3.8) is 0 Å². The van der Waals surface area contributed by atoms with Crippen LogP contribution in [0.5, 0.6) is 0 Å². The molecule has 0 radical (unpaired) electrons. The van der Waals surface area contributed by atoms with Gasteiger partial charge in [0.15, 0.2) is 0 Å². The van der Waals surface area contributed by atoms with Gasteiger partial charge < -0.3 is 9.80 Å². The van der Waals surface area contributed by atoms with Crippen molar-refractivity contribution in [2.75, 3.05) is 31.1 Å². The van der Waals surface area contributed by atoms with E-state index in [2.05, 4.69) is 20.9 Å². The van der Waals surface area contributed by atoms with Crippen LogP contribution in [0, 0.1) is 6.92 Å². The molecule has 0 atom stereocenters. The number of aromatic nitrogens is 2. The van der Waals surface area contributed by atoms with Crippen molar-refractivity contribution < 1.29 is 4.79 Å². The van der Waals surface area contributed by atoms with E-state index in [1.165, 1.54) is 11.3 Å². The van der Waals surface area contributed by atoms with Gasteiger partial charge in [0.25, 0.3) is 5.91 Å². The Kier molecular flexibility index (Phi) is 4.50. The van der Waals surface area contributed by atoms with Crippen LogP contribution in [-0.4, -0.2) is 47.0 Å². The van der Waals surface area contributed by atoms with Crippen LogP contribution in [0.25, 0.3) is 10.6 Å². The molecule has 4 rings (SSSR count). The summed E-state index contributed by atoms with van der Waals surface area (Å²) in [6.07, 6.45) is 1.89. The summed E-state index contributed by atoms with van der Waals surface area (Å²) in [6.45, 7) is 5.07. The summed E-state index contributed by atoms with van der Waals surface area (Å²) < 4.78 is 0. The van der Waals surface area contributed by atoms with E-state index in [1.54, 1.807) is 11.3 Å². The number of hydrogen-bond donors (Lipinski definition) is 0. The second-order valence-electron chi connectivity index (χ2n) is 5.96. The quantitative estimate of drug-likeness (QED) is 0.708. The molecule has 0 aliphatic carbocycles. The zero-order valence-electron chi connectivity index (χ0n) is 13.9. The molecule has 0 saturated carbocycles. The van der Waals surface area contributed by atoms with Crippen LogP contribution in [0.1, 0.15) is 15.4 Å². The predicted molar refractivity (Wildman–Crippen MR) is 103 cm³/mol. The Hall–Kier alpha value is -2.25. The third-order valence-corrected chi connectivity index (χ3v) is 6.10. The summed E-state index contributed by atoms with van der Waals surface area (Å²) in [6, 6.07) is 7.93. The Balaban J connectivity index is 1.40. The molecule has 0 bridgehead atoms. The van der Waals surface area contributed by atoms with Gasteiger partial charge in [-0.05, 0) is 30.5 Å². The van der Waals surface area contributed by atoms with Crippen LogP contribution in [-0.2, 0) is 0 Å². The average Bonchev–Trinajstić information content (AvgIpc) is 3.33. The largest absolute Gasteiger partial charge is 0.353 e. The highest BCUT2D eigenvalue weighted by Gasteiger charge is 2.23. The molecule has 0 spiro atoms. The van der Waals surface area contributed by atoms with Gasteiger partial charge in [0.2, 0.25) is 0 Å². The van der Waals surface area contributed by atoms with Crippen LogP contribution in [0.4, 0.5) is 5.82 Å². The van der Waals surface area contributed by atoms with Gasteiger partial charge >= 0.3 is 0 Å². The van der Waals surface area contributed by atoms with Crippen molar-refractivity contribution >= 4 is 34.4 Å². The van der Waals surface area contributed by atoms with Crippen LogP contribution in [0.3, 0.4) is 0 Å². The fourth-order valence-corrected chi connectivity index (χ4v) is 4.36. The summed E-state index contributed by atoms with van der Waals surface area (Å²) in [7, 11) is 0. The molecule has 3 aromatic rings. The Labute approximate surface area is 154 Å². The van der Waals surface area contributed by atoms with Gasteiger partial charge in [0.05, 0.1) is 4.88 Å². The average molecular weight is 371 g/mol. The molecule has 25 heavy (non-hydrogen) atoms. The smallest absolute Gasteiger partial charge is 0.264 e. The lowest BCUT2D eigenvalue weighted by molar-refractivity contribution is 0.0751. The van der Waals surface area contributed by atoms with E-state index in [9.17, 15) is 4.79 Å². The van der Waals surface area contributed by atoms with Crippen molar-refractivity contribution in [1.29, 1.82) is 0 Å². The number of nitrogens with zero attached hydrogens (tertiary/aromatic N) is 4. The normalized spacial score (nSPS) is 14.8. The number of amides is 1. The summed E-state index contributed by atoms with van der Waals surface area (Å²) >= 11 is 3.14. The maximum absolute atomic E-state index is 12.4. The van der Waals surface area contributed by atoms with Crippen molar-refractivity contribution in [2.45, 2.75) is 6.92 Å². The van der Waals surface area contributed by atoms with Gasteiger partial charge in [0, 0.05) is 49.0 Å². The monoisotopic (exact) mass is 370 g/mol. The Morgan fingerprint density at radius 3 is 2.56 bits per heavy atom. The molecule has 0 unspecified atom stereocenters. The van der Waals surface area contributed by atoms with E-state index >= 15 is 0 Å². The summed E-state index contributed by atoms with van der Waals surface area (Å²) in [4.78, 5) is 26.5. The molecule has 0 N–H and O–H groups in total. The maximum atomic E-state index is 12.4. The first-order chi connectivity index (χ1) is 12.2. The molecule has 7 heteroatoms. The minimum absolute atomic E-state index is 0.136. The number of pyridine rings is 1. The van der Waals surface area contributed by atoms with E-state index in [1.807, 2.05) is 47.0 Å². The van der Waals surface area contributed by atoms with Gasteiger partial charge in [0.1, 0.15) is 10.8 Å². The first-order valence-electron chi connectivity index (χ1n) is 8.17. The van der Waals surface area contributed by atoms with Gasteiger partial charge in [-0.1, -0.05) is 6.07 Å². The zero-order chi connectivity index (χ0) is 17.2. The fourth-order valence-electron chi connectivity index (χ4n) is 2.88. The number of carbonyl (C=O) groups excluding carboxylic acids is 1. The number of anilines is 1. The number of hydrogen-bond acceptors (Lipinski definition) is 6. The Morgan fingerprint density at radius 2 is 1.96 bits per heavy atom. The molecular formula is C18H18N4OS2. The number of carbonyl (C=O) groups is 1. The molecule has 1 fully saturated rings. The molecule has 128 valence electrons. The molecular weight excluding hydrogens is 352 g/mol. The van der Waals surface area contributed by atoms with Crippen molar-refractivity contribution in [3.05, 3.63) is 51.8 Å². The number of thiazole rings is 1. The van der Waals surface area contributed by atoms with Crippen molar-refractivity contribution in [1.82, 2.24) is 14.9 Å². The highest BCUT2D eigenvalue weighted by Crippen LogP contribution is 2.25. The topological polar surface area (TPSA) is 49.3 Å². The second kappa shape index (κ2) is 6.93. The van der Waals surface area contributed by atoms with E-state index in [-0.39, 0.29) is 5.91 Å². The second-order valence-corrected chi connectivity index (χ2v) is 7.76. The standard InChI is InChI=1S/C18H18N4OS2/c1-13-12-25-17(20-13)14-4-5-16(19-11-14)21-6-8-22(9-7-21)18(23)15-3-2-10-24-15/h2-5,10-12H,6-9H2,1H3. The van der Waals surface area contributed by atoms with E-state index in [4.69, 9.17) is 0 Å². The van der Waals surface area contributed by atoms with Gasteiger partial charge in [-0.2, -0.15) is 0 Å².